The molecule has 1 aromatic rings. The lowest BCUT2D eigenvalue weighted by Crippen LogP contribution is -2.38. The van der Waals surface area contributed by atoms with Crippen LogP contribution in [0.15, 0.2) is 6.20 Å². The molecule has 1 atom stereocenters. The first-order valence-corrected chi connectivity index (χ1v) is 6.37. The van der Waals surface area contributed by atoms with Gasteiger partial charge in [0.1, 0.15) is 5.00 Å². The van der Waals surface area contributed by atoms with Crippen molar-refractivity contribution >= 4 is 21.5 Å². The molecule has 1 fully saturated rings. The van der Waals surface area contributed by atoms with Crippen LogP contribution in [0.4, 0.5) is 10.1 Å². The number of rotatable bonds is 2. The van der Waals surface area contributed by atoms with Crippen molar-refractivity contribution in [2.24, 2.45) is 5.41 Å². The van der Waals surface area contributed by atoms with Crippen LogP contribution in [0, 0.1) is 5.41 Å². The van der Waals surface area contributed by atoms with Gasteiger partial charge in [0.15, 0.2) is 5.13 Å². The van der Waals surface area contributed by atoms with E-state index in [1.54, 1.807) is 6.20 Å². The minimum atomic E-state index is 0.374. The highest BCUT2D eigenvalue weighted by Gasteiger charge is 2.32. The predicted molar refractivity (Wildman–Crippen MR) is 66.2 cm³/mol. The van der Waals surface area contributed by atoms with Crippen molar-refractivity contribution in [3.8, 4) is 0 Å². The molecule has 1 unspecified atom stereocenters. The fraction of sp³-hybridized carbons (Fsp3) is 0.727. The first-order valence-electron chi connectivity index (χ1n) is 5.56. The van der Waals surface area contributed by atoms with Gasteiger partial charge in [0.05, 0.1) is 6.20 Å². The average molecular weight is 225 g/mol. The zero-order valence-corrected chi connectivity index (χ0v) is 10.2. The number of anilines is 2. The van der Waals surface area contributed by atoms with Crippen LogP contribution in [-0.2, 0) is 0 Å². The zero-order valence-electron chi connectivity index (χ0n) is 9.42. The number of nitrogen functional groups attached to an aromatic ring is 1. The third kappa shape index (κ3) is 2.43. The Labute approximate surface area is 95.1 Å². The molecule has 0 aliphatic heterocycles. The first-order chi connectivity index (χ1) is 7.08. The van der Waals surface area contributed by atoms with E-state index < -0.39 is 0 Å². The smallest absolute Gasteiger partial charge is 0.184 e. The molecule has 1 aliphatic carbocycles. The Kier molecular flexibility index (Phi) is 2.87. The number of hydrogen-bond donors (Lipinski definition) is 2. The second-order valence-electron chi connectivity index (χ2n) is 5.00. The summed E-state index contributed by atoms with van der Waals surface area (Å²) in [5.74, 6) is 0. The Morgan fingerprint density at radius 1 is 1.53 bits per heavy atom. The summed E-state index contributed by atoms with van der Waals surface area (Å²) in [4.78, 5) is 4.26. The van der Waals surface area contributed by atoms with Crippen LogP contribution >= 0.6 is 11.3 Å². The van der Waals surface area contributed by atoms with E-state index in [0.717, 1.165) is 10.1 Å². The summed E-state index contributed by atoms with van der Waals surface area (Å²) in [6, 6.07) is 0.539. The molecule has 0 bridgehead atoms. The SMILES string of the molecule is CC1(C)CCCCC1Nc1ncc(N)s1. The number of hydrogen-bond acceptors (Lipinski definition) is 4. The molecule has 3 N–H and O–H groups in total. The largest absolute Gasteiger partial charge is 0.389 e. The first kappa shape index (κ1) is 10.7. The maximum atomic E-state index is 5.67. The van der Waals surface area contributed by atoms with E-state index in [1.807, 2.05) is 0 Å². The van der Waals surface area contributed by atoms with Crippen LogP contribution in [0.1, 0.15) is 39.5 Å². The zero-order chi connectivity index (χ0) is 10.9. The molecule has 0 saturated heterocycles. The number of nitrogens with two attached hydrogens (primary N) is 1. The van der Waals surface area contributed by atoms with Crippen molar-refractivity contribution < 1.29 is 0 Å². The molecule has 0 spiro atoms. The highest BCUT2D eigenvalue weighted by atomic mass is 32.1. The summed E-state index contributed by atoms with van der Waals surface area (Å²) in [6.07, 6.45) is 6.94. The number of aromatic nitrogens is 1. The summed E-state index contributed by atoms with van der Waals surface area (Å²) >= 11 is 1.54. The van der Waals surface area contributed by atoms with Crippen molar-refractivity contribution in [3.05, 3.63) is 6.20 Å². The molecule has 2 rings (SSSR count). The van der Waals surface area contributed by atoms with Gasteiger partial charge in [0.2, 0.25) is 0 Å². The van der Waals surface area contributed by atoms with Crippen LogP contribution in [0.5, 0.6) is 0 Å². The molecular formula is C11H19N3S. The van der Waals surface area contributed by atoms with Gasteiger partial charge in [-0.2, -0.15) is 0 Å². The third-order valence-corrected chi connectivity index (χ3v) is 4.09. The van der Waals surface area contributed by atoms with E-state index in [1.165, 1.54) is 37.0 Å². The van der Waals surface area contributed by atoms with E-state index in [4.69, 9.17) is 5.73 Å². The number of nitrogens with zero attached hydrogens (tertiary/aromatic N) is 1. The maximum Gasteiger partial charge on any atom is 0.184 e. The van der Waals surface area contributed by atoms with Gasteiger partial charge in [-0.05, 0) is 18.3 Å². The standard InChI is InChI=1S/C11H19N3S/c1-11(2)6-4-3-5-8(11)14-10-13-7-9(12)15-10/h7-8H,3-6,12H2,1-2H3,(H,13,14). The molecule has 0 amide bonds. The topological polar surface area (TPSA) is 50.9 Å². The molecule has 1 saturated carbocycles. The molecule has 3 nitrogen and oxygen atoms in total. The number of nitrogens with one attached hydrogen (secondary N) is 1. The van der Waals surface area contributed by atoms with Crippen LogP contribution < -0.4 is 11.1 Å². The van der Waals surface area contributed by atoms with E-state index in [-0.39, 0.29) is 0 Å². The van der Waals surface area contributed by atoms with Gasteiger partial charge < -0.3 is 11.1 Å². The number of thiazole rings is 1. The molecule has 1 aromatic heterocycles. The van der Waals surface area contributed by atoms with Gasteiger partial charge in [-0.25, -0.2) is 4.98 Å². The summed E-state index contributed by atoms with van der Waals surface area (Å²) in [6.45, 7) is 4.67. The highest BCUT2D eigenvalue weighted by Crippen LogP contribution is 2.37. The Balaban J connectivity index is 2.04. The Morgan fingerprint density at radius 3 is 2.93 bits per heavy atom. The summed E-state index contributed by atoms with van der Waals surface area (Å²) in [7, 11) is 0. The summed E-state index contributed by atoms with van der Waals surface area (Å²) in [5.41, 5.74) is 6.04. The van der Waals surface area contributed by atoms with Crippen molar-refractivity contribution in [2.75, 3.05) is 11.1 Å². The second kappa shape index (κ2) is 4.00. The van der Waals surface area contributed by atoms with Crippen molar-refractivity contribution in [1.82, 2.24) is 4.98 Å². The van der Waals surface area contributed by atoms with Gasteiger partial charge in [-0.15, -0.1) is 0 Å². The van der Waals surface area contributed by atoms with Crippen LogP contribution in [0.3, 0.4) is 0 Å². The van der Waals surface area contributed by atoms with Crippen molar-refractivity contribution in [3.63, 3.8) is 0 Å². The van der Waals surface area contributed by atoms with Crippen molar-refractivity contribution in [2.45, 2.75) is 45.6 Å². The normalized spacial score (nSPS) is 25.1. The molecule has 0 radical (unpaired) electrons. The highest BCUT2D eigenvalue weighted by molar-refractivity contribution is 7.19. The average Bonchev–Trinajstić information content (AvgIpc) is 2.55. The van der Waals surface area contributed by atoms with E-state index in [2.05, 4.69) is 24.1 Å². The third-order valence-electron chi connectivity index (χ3n) is 3.33. The van der Waals surface area contributed by atoms with Crippen LogP contribution in [0.2, 0.25) is 0 Å². The van der Waals surface area contributed by atoms with Gasteiger partial charge in [0, 0.05) is 6.04 Å². The molecule has 1 aliphatic rings. The molecular weight excluding hydrogens is 206 g/mol. The Bertz CT molecular complexity index is 332. The summed E-state index contributed by atoms with van der Waals surface area (Å²) in [5, 5.41) is 5.27. The fourth-order valence-corrected chi connectivity index (χ4v) is 2.90. The minimum Gasteiger partial charge on any atom is -0.389 e. The van der Waals surface area contributed by atoms with Gasteiger partial charge in [-0.3, -0.25) is 0 Å². The monoisotopic (exact) mass is 225 g/mol. The molecule has 0 aromatic carbocycles. The Hall–Kier alpha value is -0.770. The van der Waals surface area contributed by atoms with E-state index in [9.17, 15) is 0 Å². The summed E-state index contributed by atoms with van der Waals surface area (Å²) < 4.78 is 0. The van der Waals surface area contributed by atoms with Gasteiger partial charge in [0.25, 0.3) is 0 Å². The molecule has 15 heavy (non-hydrogen) atoms. The van der Waals surface area contributed by atoms with Gasteiger partial charge >= 0.3 is 0 Å². The van der Waals surface area contributed by atoms with Crippen molar-refractivity contribution in [1.29, 1.82) is 0 Å². The lowest BCUT2D eigenvalue weighted by atomic mass is 9.73. The van der Waals surface area contributed by atoms with E-state index >= 15 is 0 Å². The second-order valence-corrected chi connectivity index (χ2v) is 6.06. The Morgan fingerprint density at radius 2 is 2.33 bits per heavy atom. The van der Waals surface area contributed by atoms with E-state index in [0.29, 0.717) is 11.5 Å². The lowest BCUT2D eigenvalue weighted by Gasteiger charge is -2.38. The molecule has 4 heteroatoms. The minimum absolute atomic E-state index is 0.374. The fourth-order valence-electron chi connectivity index (χ4n) is 2.26. The quantitative estimate of drug-likeness (QED) is 0.813. The van der Waals surface area contributed by atoms with Crippen LogP contribution in [0.25, 0.3) is 0 Å². The molecule has 1 heterocycles. The maximum absolute atomic E-state index is 5.67. The molecule has 84 valence electrons. The van der Waals surface area contributed by atoms with Gasteiger partial charge in [-0.1, -0.05) is 38.0 Å². The predicted octanol–water partition coefficient (Wildman–Crippen LogP) is 3.11. The van der Waals surface area contributed by atoms with Crippen LogP contribution in [-0.4, -0.2) is 11.0 Å². The lowest BCUT2D eigenvalue weighted by molar-refractivity contribution is 0.217.